The SMILES string of the molecule is Cc1cc(CN2CCN(Cc3nc(Cc4ccccc4)no3)CC2)no1. The van der Waals surface area contributed by atoms with Crippen LogP contribution in [0.3, 0.4) is 0 Å². The lowest BCUT2D eigenvalue weighted by Gasteiger charge is -2.33. The molecule has 1 aliphatic rings. The van der Waals surface area contributed by atoms with Gasteiger partial charge >= 0.3 is 0 Å². The van der Waals surface area contributed by atoms with Crippen molar-refractivity contribution in [3.8, 4) is 0 Å². The molecule has 26 heavy (non-hydrogen) atoms. The van der Waals surface area contributed by atoms with Gasteiger partial charge in [-0.2, -0.15) is 4.98 Å². The Kier molecular flexibility index (Phi) is 5.08. The first-order valence-electron chi connectivity index (χ1n) is 8.97. The molecular formula is C19H23N5O2. The molecular weight excluding hydrogens is 330 g/mol. The zero-order valence-electron chi connectivity index (χ0n) is 15.0. The molecule has 1 fully saturated rings. The zero-order chi connectivity index (χ0) is 17.8. The van der Waals surface area contributed by atoms with E-state index in [-0.39, 0.29) is 0 Å². The van der Waals surface area contributed by atoms with E-state index in [9.17, 15) is 0 Å². The number of hydrogen-bond acceptors (Lipinski definition) is 7. The quantitative estimate of drug-likeness (QED) is 0.673. The Morgan fingerprint density at radius 1 is 0.923 bits per heavy atom. The van der Waals surface area contributed by atoms with E-state index < -0.39 is 0 Å². The number of rotatable bonds is 6. The highest BCUT2D eigenvalue weighted by molar-refractivity contribution is 5.18. The van der Waals surface area contributed by atoms with Crippen LogP contribution in [-0.4, -0.2) is 51.3 Å². The minimum atomic E-state index is 0.691. The van der Waals surface area contributed by atoms with Crippen LogP contribution < -0.4 is 0 Å². The van der Waals surface area contributed by atoms with Crippen molar-refractivity contribution in [3.05, 3.63) is 65.1 Å². The third-order valence-corrected chi connectivity index (χ3v) is 4.60. The van der Waals surface area contributed by atoms with Crippen molar-refractivity contribution in [2.75, 3.05) is 26.2 Å². The van der Waals surface area contributed by atoms with Gasteiger partial charge in [-0.3, -0.25) is 9.80 Å². The third-order valence-electron chi connectivity index (χ3n) is 4.60. The lowest BCUT2D eigenvalue weighted by Crippen LogP contribution is -2.45. The molecule has 7 nitrogen and oxygen atoms in total. The fraction of sp³-hybridized carbons (Fsp3) is 0.421. The molecule has 1 aliphatic heterocycles. The van der Waals surface area contributed by atoms with Gasteiger partial charge in [0.25, 0.3) is 0 Å². The monoisotopic (exact) mass is 353 g/mol. The van der Waals surface area contributed by atoms with Crippen LogP contribution in [0.1, 0.15) is 28.7 Å². The maximum Gasteiger partial charge on any atom is 0.240 e. The molecule has 4 rings (SSSR count). The maximum absolute atomic E-state index is 5.43. The van der Waals surface area contributed by atoms with Crippen molar-refractivity contribution in [2.45, 2.75) is 26.4 Å². The van der Waals surface area contributed by atoms with E-state index in [4.69, 9.17) is 9.05 Å². The van der Waals surface area contributed by atoms with Crippen LogP contribution in [0.25, 0.3) is 0 Å². The number of benzene rings is 1. The zero-order valence-corrected chi connectivity index (χ0v) is 15.0. The van der Waals surface area contributed by atoms with Crippen molar-refractivity contribution in [2.24, 2.45) is 0 Å². The van der Waals surface area contributed by atoms with E-state index in [2.05, 4.69) is 37.2 Å². The summed E-state index contributed by atoms with van der Waals surface area (Å²) < 4.78 is 10.6. The first-order chi connectivity index (χ1) is 12.7. The van der Waals surface area contributed by atoms with E-state index in [0.717, 1.165) is 50.0 Å². The average molecular weight is 353 g/mol. The molecule has 0 radical (unpaired) electrons. The van der Waals surface area contributed by atoms with Gasteiger partial charge in [-0.1, -0.05) is 40.6 Å². The molecule has 0 aliphatic carbocycles. The molecule has 2 aromatic heterocycles. The summed E-state index contributed by atoms with van der Waals surface area (Å²) >= 11 is 0. The molecule has 136 valence electrons. The Labute approximate surface area is 152 Å². The summed E-state index contributed by atoms with van der Waals surface area (Å²) in [6.45, 7) is 7.42. The third kappa shape index (κ3) is 4.36. The Morgan fingerprint density at radius 3 is 2.35 bits per heavy atom. The average Bonchev–Trinajstić information content (AvgIpc) is 3.26. The largest absolute Gasteiger partial charge is 0.361 e. The fourth-order valence-electron chi connectivity index (χ4n) is 3.22. The van der Waals surface area contributed by atoms with Crippen LogP contribution in [0.2, 0.25) is 0 Å². The highest BCUT2D eigenvalue weighted by Crippen LogP contribution is 2.12. The second kappa shape index (κ2) is 7.80. The predicted molar refractivity (Wildman–Crippen MR) is 95.3 cm³/mol. The Bertz CT molecular complexity index is 821. The highest BCUT2D eigenvalue weighted by Gasteiger charge is 2.20. The maximum atomic E-state index is 5.43. The van der Waals surface area contributed by atoms with E-state index in [1.165, 1.54) is 5.56 Å². The van der Waals surface area contributed by atoms with Crippen molar-refractivity contribution in [1.29, 1.82) is 0 Å². The number of aryl methyl sites for hydroxylation is 1. The smallest absolute Gasteiger partial charge is 0.240 e. The molecule has 1 aromatic carbocycles. The van der Waals surface area contributed by atoms with E-state index in [1.54, 1.807) is 0 Å². The van der Waals surface area contributed by atoms with Crippen LogP contribution in [-0.2, 0) is 19.5 Å². The van der Waals surface area contributed by atoms with Crippen LogP contribution in [0.15, 0.2) is 45.4 Å². The number of hydrogen-bond donors (Lipinski definition) is 0. The molecule has 0 amide bonds. The summed E-state index contributed by atoms with van der Waals surface area (Å²) in [5, 5.41) is 8.18. The van der Waals surface area contributed by atoms with E-state index in [0.29, 0.717) is 18.9 Å². The minimum absolute atomic E-state index is 0.691. The van der Waals surface area contributed by atoms with Crippen molar-refractivity contribution < 1.29 is 9.05 Å². The molecule has 0 bridgehead atoms. The fourth-order valence-corrected chi connectivity index (χ4v) is 3.22. The second-order valence-corrected chi connectivity index (χ2v) is 6.75. The molecule has 3 heterocycles. The number of nitrogens with zero attached hydrogens (tertiary/aromatic N) is 5. The summed E-state index contributed by atoms with van der Waals surface area (Å²) in [5.41, 5.74) is 2.19. The van der Waals surface area contributed by atoms with Crippen LogP contribution in [0.5, 0.6) is 0 Å². The number of piperazine rings is 1. The standard InChI is InChI=1S/C19H23N5O2/c1-15-11-17(21-25-15)13-23-7-9-24(10-8-23)14-19-20-18(22-26-19)12-16-5-3-2-4-6-16/h2-6,11H,7-10,12-14H2,1H3. The van der Waals surface area contributed by atoms with Gasteiger partial charge in [-0.05, 0) is 12.5 Å². The summed E-state index contributed by atoms with van der Waals surface area (Å²) in [6, 6.07) is 12.2. The first kappa shape index (κ1) is 16.9. The van der Waals surface area contributed by atoms with Gasteiger partial charge in [0.15, 0.2) is 5.82 Å². The summed E-state index contributed by atoms with van der Waals surface area (Å²) in [5.74, 6) is 2.30. The Hall–Kier alpha value is -2.51. The second-order valence-electron chi connectivity index (χ2n) is 6.75. The van der Waals surface area contributed by atoms with Gasteiger partial charge in [0.2, 0.25) is 5.89 Å². The van der Waals surface area contributed by atoms with Gasteiger partial charge < -0.3 is 9.05 Å². The molecule has 0 spiro atoms. The molecule has 0 N–H and O–H groups in total. The van der Waals surface area contributed by atoms with E-state index in [1.807, 2.05) is 31.2 Å². The highest BCUT2D eigenvalue weighted by atomic mass is 16.5. The van der Waals surface area contributed by atoms with Crippen molar-refractivity contribution >= 4 is 0 Å². The topological polar surface area (TPSA) is 71.4 Å². The molecule has 0 saturated carbocycles. The van der Waals surface area contributed by atoms with Gasteiger partial charge in [0.05, 0.1) is 12.2 Å². The van der Waals surface area contributed by atoms with Gasteiger partial charge in [0.1, 0.15) is 5.76 Å². The first-order valence-corrected chi connectivity index (χ1v) is 8.97. The van der Waals surface area contributed by atoms with Crippen molar-refractivity contribution in [3.63, 3.8) is 0 Å². The normalized spacial score (nSPS) is 16.2. The van der Waals surface area contributed by atoms with Crippen LogP contribution >= 0.6 is 0 Å². The lowest BCUT2D eigenvalue weighted by molar-refractivity contribution is 0.110. The predicted octanol–water partition coefficient (Wildman–Crippen LogP) is 2.27. The van der Waals surface area contributed by atoms with Gasteiger partial charge in [0, 0.05) is 45.2 Å². The van der Waals surface area contributed by atoms with Crippen molar-refractivity contribution in [1.82, 2.24) is 25.1 Å². The summed E-state index contributed by atoms with van der Waals surface area (Å²) in [4.78, 5) is 9.28. The minimum Gasteiger partial charge on any atom is -0.361 e. The molecule has 7 heteroatoms. The van der Waals surface area contributed by atoms with Crippen LogP contribution in [0.4, 0.5) is 0 Å². The van der Waals surface area contributed by atoms with Crippen LogP contribution in [0, 0.1) is 6.92 Å². The summed E-state index contributed by atoms with van der Waals surface area (Å²) in [7, 11) is 0. The van der Waals surface area contributed by atoms with Gasteiger partial charge in [-0.15, -0.1) is 0 Å². The number of aromatic nitrogens is 3. The molecule has 3 aromatic rings. The Morgan fingerprint density at radius 2 is 1.65 bits per heavy atom. The summed E-state index contributed by atoms with van der Waals surface area (Å²) in [6.07, 6.45) is 0.704. The Balaban J connectivity index is 1.25. The van der Waals surface area contributed by atoms with E-state index >= 15 is 0 Å². The molecule has 0 unspecified atom stereocenters. The van der Waals surface area contributed by atoms with Gasteiger partial charge in [-0.25, -0.2) is 0 Å². The molecule has 1 saturated heterocycles. The molecule has 0 atom stereocenters. The lowest BCUT2D eigenvalue weighted by atomic mass is 10.1.